The van der Waals surface area contributed by atoms with Crippen LogP contribution in [0.15, 0.2) is 5.16 Å². The molecule has 0 saturated heterocycles. The van der Waals surface area contributed by atoms with E-state index in [4.69, 9.17) is 10.9 Å². The molecule has 1 amide bonds. The van der Waals surface area contributed by atoms with E-state index in [9.17, 15) is 18.0 Å². The van der Waals surface area contributed by atoms with Gasteiger partial charge in [0, 0.05) is 6.54 Å². The lowest BCUT2D eigenvalue weighted by Gasteiger charge is -2.27. The van der Waals surface area contributed by atoms with Crippen molar-refractivity contribution >= 4 is 11.7 Å². The van der Waals surface area contributed by atoms with E-state index in [-0.39, 0.29) is 12.4 Å². The second-order valence-electron chi connectivity index (χ2n) is 4.41. The van der Waals surface area contributed by atoms with Crippen LogP contribution in [0.4, 0.5) is 13.2 Å². The van der Waals surface area contributed by atoms with Gasteiger partial charge in [-0.15, -0.1) is 0 Å². The van der Waals surface area contributed by atoms with Gasteiger partial charge < -0.3 is 15.8 Å². The molecule has 18 heavy (non-hydrogen) atoms. The normalized spacial score (nSPS) is 18.6. The van der Waals surface area contributed by atoms with Crippen LogP contribution in [0.1, 0.15) is 26.2 Å². The molecule has 8 heteroatoms. The van der Waals surface area contributed by atoms with Gasteiger partial charge in [0.15, 0.2) is 5.84 Å². The van der Waals surface area contributed by atoms with E-state index in [0.29, 0.717) is 19.3 Å². The van der Waals surface area contributed by atoms with E-state index >= 15 is 0 Å². The highest BCUT2D eigenvalue weighted by atomic mass is 19.4. The number of halogens is 3. The van der Waals surface area contributed by atoms with Gasteiger partial charge >= 0.3 is 6.18 Å². The summed E-state index contributed by atoms with van der Waals surface area (Å²) in [5.41, 5.74) is 4.16. The highest BCUT2D eigenvalue weighted by molar-refractivity contribution is 6.09. The Bertz CT molecular complexity index is 351. The van der Waals surface area contributed by atoms with Crippen molar-refractivity contribution in [2.45, 2.75) is 32.4 Å². The van der Waals surface area contributed by atoms with Crippen molar-refractivity contribution in [3.8, 4) is 0 Å². The van der Waals surface area contributed by atoms with Gasteiger partial charge in [-0.25, -0.2) is 0 Å². The van der Waals surface area contributed by atoms with Crippen molar-refractivity contribution < 1.29 is 23.2 Å². The number of oxime groups is 1. The van der Waals surface area contributed by atoms with Gasteiger partial charge in [-0.3, -0.25) is 4.79 Å². The highest BCUT2D eigenvalue weighted by Gasteiger charge is 2.56. The van der Waals surface area contributed by atoms with Crippen LogP contribution >= 0.6 is 0 Å². The van der Waals surface area contributed by atoms with E-state index in [2.05, 4.69) is 5.16 Å². The second-order valence-corrected chi connectivity index (χ2v) is 4.41. The molecule has 0 heterocycles. The van der Waals surface area contributed by atoms with Crippen LogP contribution in [0.3, 0.4) is 0 Å². The lowest BCUT2D eigenvalue weighted by atomic mass is 10.0. The molecule has 0 aromatic carbocycles. The standard InChI is InChI=1S/C10H16F3N3O2/c1-2-5-16(6-10(11,12)13)8(17)9(3-4-9)7(14)15-18/h18H,2-6H2,1H3,(H2,14,15). The first-order chi connectivity index (χ1) is 8.27. The maximum Gasteiger partial charge on any atom is 0.406 e. The van der Waals surface area contributed by atoms with Crippen molar-refractivity contribution in [2.75, 3.05) is 13.1 Å². The highest BCUT2D eigenvalue weighted by Crippen LogP contribution is 2.47. The maximum atomic E-state index is 12.4. The Balaban J connectivity index is 2.84. The molecule has 0 bridgehead atoms. The first-order valence-corrected chi connectivity index (χ1v) is 5.61. The molecule has 0 aromatic heterocycles. The second kappa shape index (κ2) is 5.03. The van der Waals surface area contributed by atoms with Crippen LogP contribution < -0.4 is 5.73 Å². The number of carbonyl (C=O) groups excluding carboxylic acids is 1. The van der Waals surface area contributed by atoms with Crippen molar-refractivity contribution in [3.05, 3.63) is 0 Å². The molecule has 1 fully saturated rings. The Hall–Kier alpha value is -1.47. The van der Waals surface area contributed by atoms with Crippen molar-refractivity contribution in [3.63, 3.8) is 0 Å². The number of carbonyl (C=O) groups is 1. The fraction of sp³-hybridized carbons (Fsp3) is 0.800. The number of alkyl halides is 3. The minimum atomic E-state index is -4.45. The molecule has 3 N–H and O–H groups in total. The van der Waals surface area contributed by atoms with Gasteiger partial charge in [-0.05, 0) is 19.3 Å². The van der Waals surface area contributed by atoms with Gasteiger partial charge in [0.25, 0.3) is 0 Å². The lowest BCUT2D eigenvalue weighted by molar-refractivity contribution is -0.163. The molecule has 1 saturated carbocycles. The average molecular weight is 267 g/mol. The molecule has 0 atom stereocenters. The molecule has 1 aliphatic carbocycles. The molecule has 104 valence electrons. The maximum absolute atomic E-state index is 12.4. The average Bonchev–Trinajstić information content (AvgIpc) is 3.06. The fourth-order valence-electron chi connectivity index (χ4n) is 1.84. The number of amides is 1. The predicted octanol–water partition coefficient (Wildman–Crippen LogP) is 1.31. The van der Waals surface area contributed by atoms with E-state index < -0.39 is 24.0 Å². The summed E-state index contributed by atoms with van der Waals surface area (Å²) in [7, 11) is 0. The Labute approximate surface area is 102 Å². The Morgan fingerprint density at radius 2 is 2.06 bits per heavy atom. The van der Waals surface area contributed by atoms with Crippen molar-refractivity contribution in [1.29, 1.82) is 0 Å². The fourth-order valence-corrected chi connectivity index (χ4v) is 1.84. The molecular weight excluding hydrogens is 251 g/mol. The lowest BCUT2D eigenvalue weighted by Crippen LogP contribution is -2.47. The van der Waals surface area contributed by atoms with Crippen LogP contribution in [0.2, 0.25) is 0 Å². The summed E-state index contributed by atoms with van der Waals surface area (Å²) in [5.74, 6) is -1.02. The van der Waals surface area contributed by atoms with Crippen LogP contribution in [0.5, 0.6) is 0 Å². The Kier molecular flexibility index (Phi) is 4.08. The molecule has 0 aromatic rings. The molecule has 1 rings (SSSR count). The zero-order valence-electron chi connectivity index (χ0n) is 10.00. The van der Waals surface area contributed by atoms with Gasteiger partial charge in [0.1, 0.15) is 12.0 Å². The number of rotatable bonds is 5. The summed E-state index contributed by atoms with van der Waals surface area (Å²) in [5, 5.41) is 11.3. The Morgan fingerprint density at radius 3 is 2.39 bits per heavy atom. The van der Waals surface area contributed by atoms with Crippen LogP contribution in [0, 0.1) is 5.41 Å². The van der Waals surface area contributed by atoms with E-state index in [1.807, 2.05) is 0 Å². The topological polar surface area (TPSA) is 78.9 Å². The summed E-state index contributed by atoms with van der Waals surface area (Å²) < 4.78 is 37.1. The quantitative estimate of drug-likeness (QED) is 0.341. The first-order valence-electron chi connectivity index (χ1n) is 5.61. The number of hydrogen-bond acceptors (Lipinski definition) is 3. The minimum absolute atomic E-state index is 0.00119. The zero-order chi connectivity index (χ0) is 14.0. The summed E-state index contributed by atoms with van der Waals surface area (Å²) in [6.07, 6.45) is -3.40. The first kappa shape index (κ1) is 14.6. The molecule has 1 aliphatic rings. The largest absolute Gasteiger partial charge is 0.409 e. The van der Waals surface area contributed by atoms with Crippen LogP contribution in [-0.2, 0) is 4.79 Å². The van der Waals surface area contributed by atoms with Crippen LogP contribution in [0.25, 0.3) is 0 Å². The minimum Gasteiger partial charge on any atom is -0.409 e. The van der Waals surface area contributed by atoms with Crippen molar-refractivity contribution in [2.24, 2.45) is 16.3 Å². The molecule has 0 aliphatic heterocycles. The van der Waals surface area contributed by atoms with E-state index in [0.717, 1.165) is 4.90 Å². The number of amidine groups is 1. The Morgan fingerprint density at radius 1 is 1.50 bits per heavy atom. The molecule has 0 spiro atoms. The predicted molar refractivity (Wildman–Crippen MR) is 58.0 cm³/mol. The van der Waals surface area contributed by atoms with E-state index in [1.54, 1.807) is 6.92 Å². The van der Waals surface area contributed by atoms with E-state index in [1.165, 1.54) is 0 Å². The third-order valence-corrected chi connectivity index (χ3v) is 2.91. The summed E-state index contributed by atoms with van der Waals surface area (Å²) in [6.45, 7) is 0.374. The monoisotopic (exact) mass is 267 g/mol. The third kappa shape index (κ3) is 3.05. The third-order valence-electron chi connectivity index (χ3n) is 2.91. The van der Waals surface area contributed by atoms with Crippen LogP contribution in [-0.4, -0.2) is 41.1 Å². The molecular formula is C10H16F3N3O2. The summed E-state index contributed by atoms with van der Waals surface area (Å²) in [6, 6.07) is 0. The van der Waals surface area contributed by atoms with Gasteiger partial charge in [-0.2, -0.15) is 13.2 Å². The smallest absolute Gasteiger partial charge is 0.406 e. The molecule has 5 nitrogen and oxygen atoms in total. The molecule has 0 radical (unpaired) electrons. The van der Waals surface area contributed by atoms with Gasteiger partial charge in [0.2, 0.25) is 5.91 Å². The molecule has 0 unspecified atom stereocenters. The SMILES string of the molecule is CCCN(CC(F)(F)F)C(=O)C1(C(N)=NO)CC1. The van der Waals surface area contributed by atoms with Gasteiger partial charge in [-0.1, -0.05) is 12.1 Å². The van der Waals surface area contributed by atoms with Gasteiger partial charge in [0.05, 0.1) is 0 Å². The summed E-state index contributed by atoms with van der Waals surface area (Å²) in [4.78, 5) is 12.8. The number of hydrogen-bond donors (Lipinski definition) is 2. The number of nitrogens with zero attached hydrogens (tertiary/aromatic N) is 2. The van der Waals surface area contributed by atoms with Crippen molar-refractivity contribution in [1.82, 2.24) is 4.90 Å². The summed E-state index contributed by atoms with van der Waals surface area (Å²) >= 11 is 0. The number of nitrogens with two attached hydrogens (primary N) is 1. The zero-order valence-corrected chi connectivity index (χ0v) is 10.00.